The summed E-state index contributed by atoms with van der Waals surface area (Å²) in [6, 6.07) is 8.50. The summed E-state index contributed by atoms with van der Waals surface area (Å²) in [7, 11) is 0. The average Bonchev–Trinajstić information content (AvgIpc) is 2.55. The van der Waals surface area contributed by atoms with Crippen LogP contribution in [0.4, 0.5) is 11.4 Å². The molecule has 1 fully saturated rings. The van der Waals surface area contributed by atoms with Crippen LogP contribution in [0.2, 0.25) is 0 Å². The standard InChI is InChI=1S/C15H24N4O2/c16-15(18-20)3-1-2-8-17-13-4-6-14(7-5-13)19-9-11-21-12-10-19/h4-7,17,20H,1-3,8-12H2,(H2,16,18). The first-order chi connectivity index (χ1) is 10.3. The Kier molecular flexibility index (Phi) is 6.15. The molecule has 0 spiro atoms. The highest BCUT2D eigenvalue weighted by Crippen LogP contribution is 2.19. The molecule has 1 aliphatic rings. The van der Waals surface area contributed by atoms with Crippen molar-refractivity contribution in [1.29, 1.82) is 0 Å². The van der Waals surface area contributed by atoms with Crippen molar-refractivity contribution < 1.29 is 9.94 Å². The predicted octanol–water partition coefficient (Wildman–Crippen LogP) is 1.85. The summed E-state index contributed by atoms with van der Waals surface area (Å²) in [5.41, 5.74) is 7.79. The third-order valence-corrected chi connectivity index (χ3v) is 3.56. The minimum absolute atomic E-state index is 0.296. The van der Waals surface area contributed by atoms with Gasteiger partial charge in [-0.2, -0.15) is 0 Å². The number of hydrogen-bond acceptors (Lipinski definition) is 5. The molecule has 1 saturated heterocycles. The molecule has 0 aromatic heterocycles. The smallest absolute Gasteiger partial charge is 0.139 e. The molecule has 1 heterocycles. The molecule has 4 N–H and O–H groups in total. The molecule has 1 aromatic carbocycles. The van der Waals surface area contributed by atoms with Gasteiger partial charge in [0.15, 0.2) is 0 Å². The molecule has 0 atom stereocenters. The van der Waals surface area contributed by atoms with Crippen molar-refractivity contribution in [3.8, 4) is 0 Å². The molecular weight excluding hydrogens is 268 g/mol. The second-order valence-electron chi connectivity index (χ2n) is 5.12. The third-order valence-electron chi connectivity index (χ3n) is 3.56. The number of benzene rings is 1. The van der Waals surface area contributed by atoms with Gasteiger partial charge in [-0.1, -0.05) is 5.16 Å². The van der Waals surface area contributed by atoms with Gasteiger partial charge in [-0.3, -0.25) is 0 Å². The first-order valence-electron chi connectivity index (χ1n) is 7.42. The Morgan fingerprint density at radius 2 is 1.95 bits per heavy atom. The van der Waals surface area contributed by atoms with Gasteiger partial charge in [0, 0.05) is 37.4 Å². The maximum absolute atomic E-state index is 8.44. The van der Waals surface area contributed by atoms with Crippen LogP contribution in [0, 0.1) is 0 Å². The SMILES string of the molecule is NC(CCCCNc1ccc(N2CCOCC2)cc1)=NO. The Balaban J connectivity index is 1.70. The Hall–Kier alpha value is -1.95. The summed E-state index contributed by atoms with van der Waals surface area (Å²) in [5, 5.41) is 14.8. The van der Waals surface area contributed by atoms with E-state index in [1.807, 2.05) is 0 Å². The van der Waals surface area contributed by atoms with E-state index < -0.39 is 0 Å². The number of unbranched alkanes of at least 4 members (excludes halogenated alkanes) is 1. The molecule has 1 aromatic rings. The van der Waals surface area contributed by atoms with Crippen LogP contribution in [0.1, 0.15) is 19.3 Å². The Morgan fingerprint density at radius 1 is 1.24 bits per heavy atom. The Morgan fingerprint density at radius 3 is 2.62 bits per heavy atom. The molecule has 0 saturated carbocycles. The number of ether oxygens (including phenoxy) is 1. The lowest BCUT2D eigenvalue weighted by Crippen LogP contribution is -2.36. The molecule has 0 unspecified atom stereocenters. The zero-order chi connectivity index (χ0) is 14.9. The van der Waals surface area contributed by atoms with Crippen LogP contribution in [-0.4, -0.2) is 43.9 Å². The van der Waals surface area contributed by atoms with Gasteiger partial charge in [0.25, 0.3) is 0 Å². The van der Waals surface area contributed by atoms with E-state index >= 15 is 0 Å². The number of amidine groups is 1. The van der Waals surface area contributed by atoms with Crippen molar-refractivity contribution in [2.45, 2.75) is 19.3 Å². The number of morpholine rings is 1. The van der Waals surface area contributed by atoms with E-state index in [0.29, 0.717) is 12.3 Å². The first kappa shape index (κ1) is 15.4. The minimum atomic E-state index is 0.296. The van der Waals surface area contributed by atoms with Crippen LogP contribution in [0.25, 0.3) is 0 Å². The van der Waals surface area contributed by atoms with Crippen LogP contribution < -0.4 is 16.0 Å². The quantitative estimate of drug-likeness (QED) is 0.235. The number of nitrogens with one attached hydrogen (secondary N) is 1. The first-order valence-corrected chi connectivity index (χ1v) is 7.42. The fourth-order valence-corrected chi connectivity index (χ4v) is 2.33. The van der Waals surface area contributed by atoms with E-state index in [2.05, 4.69) is 39.6 Å². The van der Waals surface area contributed by atoms with Crippen molar-refractivity contribution in [2.75, 3.05) is 43.1 Å². The normalized spacial score (nSPS) is 16.0. The molecule has 6 nitrogen and oxygen atoms in total. The van der Waals surface area contributed by atoms with Crippen LogP contribution in [0.3, 0.4) is 0 Å². The van der Waals surface area contributed by atoms with Crippen LogP contribution in [0.5, 0.6) is 0 Å². The van der Waals surface area contributed by atoms with E-state index in [-0.39, 0.29) is 0 Å². The molecular formula is C15H24N4O2. The lowest BCUT2D eigenvalue weighted by atomic mass is 10.2. The summed E-state index contributed by atoms with van der Waals surface area (Å²) in [5.74, 6) is 0.296. The van der Waals surface area contributed by atoms with Crippen molar-refractivity contribution in [3.05, 3.63) is 24.3 Å². The number of nitrogens with zero attached hydrogens (tertiary/aromatic N) is 2. The Labute approximate surface area is 125 Å². The van der Waals surface area contributed by atoms with E-state index in [4.69, 9.17) is 15.7 Å². The molecule has 0 bridgehead atoms. The Bertz CT molecular complexity index is 441. The largest absolute Gasteiger partial charge is 0.409 e. The van der Waals surface area contributed by atoms with Crippen LogP contribution in [-0.2, 0) is 4.74 Å². The fraction of sp³-hybridized carbons (Fsp3) is 0.533. The maximum Gasteiger partial charge on any atom is 0.139 e. The van der Waals surface area contributed by atoms with Gasteiger partial charge in [-0.15, -0.1) is 0 Å². The molecule has 0 aliphatic carbocycles. The number of nitrogens with two attached hydrogens (primary N) is 1. The van der Waals surface area contributed by atoms with E-state index in [0.717, 1.165) is 51.4 Å². The summed E-state index contributed by atoms with van der Waals surface area (Å²) in [6.45, 7) is 4.41. The van der Waals surface area contributed by atoms with Crippen LogP contribution in [0.15, 0.2) is 29.4 Å². The van der Waals surface area contributed by atoms with Gasteiger partial charge >= 0.3 is 0 Å². The molecule has 116 valence electrons. The zero-order valence-electron chi connectivity index (χ0n) is 12.3. The predicted molar refractivity (Wildman–Crippen MR) is 85.2 cm³/mol. The van der Waals surface area contributed by atoms with Crippen molar-refractivity contribution in [1.82, 2.24) is 0 Å². The molecule has 1 aliphatic heterocycles. The lowest BCUT2D eigenvalue weighted by molar-refractivity contribution is 0.122. The minimum Gasteiger partial charge on any atom is -0.409 e. The van der Waals surface area contributed by atoms with E-state index in [1.54, 1.807) is 0 Å². The average molecular weight is 292 g/mol. The highest BCUT2D eigenvalue weighted by molar-refractivity contribution is 5.79. The van der Waals surface area contributed by atoms with Gasteiger partial charge in [0.2, 0.25) is 0 Å². The van der Waals surface area contributed by atoms with E-state index in [1.165, 1.54) is 5.69 Å². The monoisotopic (exact) mass is 292 g/mol. The van der Waals surface area contributed by atoms with Crippen LogP contribution >= 0.6 is 0 Å². The molecule has 6 heteroatoms. The molecule has 0 amide bonds. The number of hydrogen-bond donors (Lipinski definition) is 3. The summed E-state index contributed by atoms with van der Waals surface area (Å²) >= 11 is 0. The highest BCUT2D eigenvalue weighted by atomic mass is 16.5. The highest BCUT2D eigenvalue weighted by Gasteiger charge is 2.10. The third kappa shape index (κ3) is 5.15. The molecule has 0 radical (unpaired) electrons. The van der Waals surface area contributed by atoms with Crippen molar-refractivity contribution >= 4 is 17.2 Å². The van der Waals surface area contributed by atoms with Crippen molar-refractivity contribution in [3.63, 3.8) is 0 Å². The summed E-state index contributed by atoms with van der Waals surface area (Å²) < 4.78 is 5.36. The maximum atomic E-state index is 8.44. The number of oxime groups is 1. The van der Waals surface area contributed by atoms with Gasteiger partial charge in [0.05, 0.1) is 13.2 Å². The lowest BCUT2D eigenvalue weighted by Gasteiger charge is -2.28. The fourth-order valence-electron chi connectivity index (χ4n) is 2.33. The number of rotatable bonds is 7. The summed E-state index contributed by atoms with van der Waals surface area (Å²) in [4.78, 5) is 2.34. The van der Waals surface area contributed by atoms with Gasteiger partial charge in [-0.05, 0) is 37.1 Å². The summed E-state index contributed by atoms with van der Waals surface area (Å²) in [6.07, 6.45) is 2.53. The molecule has 2 rings (SSSR count). The topological polar surface area (TPSA) is 83.1 Å². The zero-order valence-corrected chi connectivity index (χ0v) is 12.3. The van der Waals surface area contributed by atoms with Gasteiger partial charge in [-0.25, -0.2) is 0 Å². The van der Waals surface area contributed by atoms with Crippen molar-refractivity contribution in [2.24, 2.45) is 10.9 Å². The second kappa shape index (κ2) is 8.36. The second-order valence-corrected chi connectivity index (χ2v) is 5.12. The number of anilines is 2. The van der Waals surface area contributed by atoms with Gasteiger partial charge in [0.1, 0.15) is 5.84 Å². The molecule has 21 heavy (non-hydrogen) atoms. The van der Waals surface area contributed by atoms with Gasteiger partial charge < -0.3 is 25.9 Å². The van der Waals surface area contributed by atoms with E-state index in [9.17, 15) is 0 Å².